The summed E-state index contributed by atoms with van der Waals surface area (Å²) >= 11 is 7.19. The molecule has 2 aromatic carbocycles. The van der Waals surface area contributed by atoms with Gasteiger partial charge in [-0.3, -0.25) is 14.9 Å². The molecule has 0 fully saturated rings. The second kappa shape index (κ2) is 7.94. The van der Waals surface area contributed by atoms with E-state index in [9.17, 15) is 19.3 Å². The molecule has 0 bridgehead atoms. The van der Waals surface area contributed by atoms with Crippen LogP contribution in [0.3, 0.4) is 0 Å². The van der Waals surface area contributed by atoms with Crippen molar-refractivity contribution in [3.05, 3.63) is 69.0 Å². The molecule has 2 aromatic rings. The number of nitrogens with one attached hydrogen (secondary N) is 1. The highest BCUT2D eigenvalue weighted by atomic mass is 35.5. The van der Waals surface area contributed by atoms with Crippen molar-refractivity contribution >= 4 is 40.6 Å². The summed E-state index contributed by atoms with van der Waals surface area (Å²) in [4.78, 5) is 21.9. The van der Waals surface area contributed by atoms with E-state index in [4.69, 9.17) is 11.6 Å². The highest BCUT2D eigenvalue weighted by Crippen LogP contribution is 2.23. The van der Waals surface area contributed by atoms with Crippen LogP contribution in [0.15, 0.2) is 42.5 Å². The summed E-state index contributed by atoms with van der Waals surface area (Å²) in [5, 5.41) is 13.3. The molecule has 8 heteroatoms. The van der Waals surface area contributed by atoms with Crippen LogP contribution < -0.4 is 5.32 Å². The quantitative estimate of drug-likeness (QED) is 0.621. The maximum Gasteiger partial charge on any atom is 0.269 e. The number of non-ortho nitro benzene ring substituents is 1. The molecule has 0 radical (unpaired) electrons. The third kappa shape index (κ3) is 5.22. The summed E-state index contributed by atoms with van der Waals surface area (Å²) < 4.78 is 12.9. The molecule has 0 aliphatic rings. The molecular weight excluding hydrogens is 343 g/mol. The number of thioether (sulfide) groups is 1. The minimum atomic E-state index is -0.472. The van der Waals surface area contributed by atoms with E-state index in [2.05, 4.69) is 5.32 Å². The molecule has 0 heterocycles. The van der Waals surface area contributed by atoms with E-state index < -0.39 is 10.7 Å². The van der Waals surface area contributed by atoms with Crippen LogP contribution in [0.4, 0.5) is 15.8 Å². The van der Waals surface area contributed by atoms with Crippen LogP contribution in [0.1, 0.15) is 5.56 Å². The first-order valence-electron chi connectivity index (χ1n) is 6.51. The van der Waals surface area contributed by atoms with Gasteiger partial charge in [0, 0.05) is 17.9 Å². The predicted molar refractivity (Wildman–Crippen MR) is 89.3 cm³/mol. The van der Waals surface area contributed by atoms with Gasteiger partial charge in [0.15, 0.2) is 0 Å². The smallest absolute Gasteiger partial charge is 0.269 e. The Morgan fingerprint density at radius 3 is 2.57 bits per heavy atom. The molecule has 0 saturated heterocycles. The van der Waals surface area contributed by atoms with Crippen LogP contribution in [-0.2, 0) is 10.5 Å². The van der Waals surface area contributed by atoms with Crippen molar-refractivity contribution in [2.24, 2.45) is 0 Å². The van der Waals surface area contributed by atoms with E-state index in [-0.39, 0.29) is 22.4 Å². The SMILES string of the molecule is O=C(CSCc1ccc([N+](=O)[O-])cc1)Nc1ccc(F)cc1Cl. The molecule has 0 unspecified atom stereocenters. The minimum absolute atomic E-state index is 0.0300. The molecule has 2 rings (SSSR count). The normalized spacial score (nSPS) is 10.3. The molecule has 23 heavy (non-hydrogen) atoms. The Morgan fingerprint density at radius 2 is 1.96 bits per heavy atom. The zero-order valence-electron chi connectivity index (χ0n) is 11.8. The zero-order valence-corrected chi connectivity index (χ0v) is 13.4. The fraction of sp³-hybridized carbons (Fsp3) is 0.133. The maximum atomic E-state index is 12.9. The number of halogens is 2. The first-order chi connectivity index (χ1) is 11.0. The van der Waals surface area contributed by atoms with E-state index in [1.807, 2.05) is 0 Å². The molecule has 0 saturated carbocycles. The third-order valence-electron chi connectivity index (χ3n) is 2.85. The Hall–Kier alpha value is -2.12. The number of carbonyl (C=O) groups excluding carboxylic acids is 1. The summed E-state index contributed by atoms with van der Waals surface area (Å²) in [6.45, 7) is 0. The molecule has 0 aliphatic carbocycles. The van der Waals surface area contributed by atoms with Crippen molar-refractivity contribution in [1.82, 2.24) is 0 Å². The molecule has 0 atom stereocenters. The molecule has 1 amide bonds. The molecule has 120 valence electrons. The Balaban J connectivity index is 1.81. The number of nitrogens with zero attached hydrogens (tertiary/aromatic N) is 1. The van der Waals surface area contributed by atoms with Crippen molar-refractivity contribution in [1.29, 1.82) is 0 Å². The van der Waals surface area contributed by atoms with Gasteiger partial charge in [-0.1, -0.05) is 23.7 Å². The number of anilines is 1. The fourth-order valence-corrected chi connectivity index (χ4v) is 2.75. The van der Waals surface area contributed by atoms with E-state index in [1.54, 1.807) is 12.1 Å². The Labute approximate surface area is 141 Å². The second-order valence-corrected chi connectivity index (χ2v) is 5.98. The van der Waals surface area contributed by atoms with Crippen LogP contribution in [-0.4, -0.2) is 16.6 Å². The van der Waals surface area contributed by atoms with Crippen molar-refractivity contribution in [3.8, 4) is 0 Å². The van der Waals surface area contributed by atoms with Crippen molar-refractivity contribution in [2.45, 2.75) is 5.75 Å². The summed E-state index contributed by atoms with van der Waals surface area (Å²) in [6.07, 6.45) is 0. The number of nitro groups is 1. The number of nitro benzene ring substituents is 1. The molecule has 0 spiro atoms. The van der Waals surface area contributed by atoms with Gasteiger partial charge >= 0.3 is 0 Å². The van der Waals surface area contributed by atoms with Gasteiger partial charge in [-0.25, -0.2) is 4.39 Å². The largest absolute Gasteiger partial charge is 0.324 e. The minimum Gasteiger partial charge on any atom is -0.324 e. The lowest BCUT2D eigenvalue weighted by Gasteiger charge is -2.07. The summed E-state index contributed by atoms with van der Waals surface area (Å²) in [5.41, 5.74) is 1.27. The van der Waals surface area contributed by atoms with Crippen LogP contribution >= 0.6 is 23.4 Å². The number of carbonyl (C=O) groups is 1. The Morgan fingerprint density at radius 1 is 1.26 bits per heavy atom. The lowest BCUT2D eigenvalue weighted by molar-refractivity contribution is -0.384. The molecule has 1 N–H and O–H groups in total. The molecule has 0 aliphatic heterocycles. The van der Waals surface area contributed by atoms with Gasteiger partial charge in [-0.05, 0) is 23.8 Å². The number of amides is 1. The second-order valence-electron chi connectivity index (χ2n) is 4.59. The van der Waals surface area contributed by atoms with E-state index in [0.29, 0.717) is 11.4 Å². The van der Waals surface area contributed by atoms with Gasteiger partial charge in [-0.2, -0.15) is 0 Å². The van der Waals surface area contributed by atoms with Crippen molar-refractivity contribution < 1.29 is 14.1 Å². The average molecular weight is 355 g/mol. The predicted octanol–water partition coefficient (Wildman–Crippen LogP) is 4.26. The summed E-state index contributed by atoms with van der Waals surface area (Å²) in [7, 11) is 0. The van der Waals surface area contributed by atoms with Crippen molar-refractivity contribution in [2.75, 3.05) is 11.1 Å². The topological polar surface area (TPSA) is 72.2 Å². The third-order valence-corrected chi connectivity index (χ3v) is 4.17. The van der Waals surface area contributed by atoms with Crippen LogP contribution in [0.5, 0.6) is 0 Å². The van der Waals surface area contributed by atoms with Gasteiger partial charge in [-0.15, -0.1) is 11.8 Å². The first kappa shape index (κ1) is 17.2. The molecule has 5 nitrogen and oxygen atoms in total. The van der Waals surface area contributed by atoms with Crippen LogP contribution in [0, 0.1) is 15.9 Å². The highest BCUT2D eigenvalue weighted by Gasteiger charge is 2.08. The standard InChI is InChI=1S/C15H12ClFN2O3S/c16-13-7-11(17)3-6-14(13)18-15(20)9-23-8-10-1-4-12(5-2-10)19(21)22/h1-7H,8-9H2,(H,18,20). The number of rotatable bonds is 6. The van der Waals surface area contributed by atoms with Gasteiger partial charge < -0.3 is 5.32 Å². The van der Waals surface area contributed by atoms with Crippen LogP contribution in [0.25, 0.3) is 0 Å². The maximum absolute atomic E-state index is 12.9. The monoisotopic (exact) mass is 354 g/mol. The van der Waals surface area contributed by atoms with Crippen LogP contribution in [0.2, 0.25) is 5.02 Å². The van der Waals surface area contributed by atoms with Gasteiger partial charge in [0.2, 0.25) is 5.91 Å². The van der Waals surface area contributed by atoms with Gasteiger partial charge in [0.1, 0.15) is 5.82 Å². The number of hydrogen-bond donors (Lipinski definition) is 1. The number of hydrogen-bond acceptors (Lipinski definition) is 4. The Bertz CT molecular complexity index is 725. The Kier molecular flexibility index (Phi) is 5.95. The van der Waals surface area contributed by atoms with E-state index in [0.717, 1.165) is 11.6 Å². The summed E-state index contributed by atoms with van der Waals surface area (Å²) in [5.74, 6) is -0.00117. The van der Waals surface area contributed by atoms with E-state index >= 15 is 0 Å². The molecule has 0 aromatic heterocycles. The van der Waals surface area contributed by atoms with Gasteiger partial charge in [0.05, 0.1) is 21.4 Å². The van der Waals surface area contributed by atoms with Crippen molar-refractivity contribution in [3.63, 3.8) is 0 Å². The van der Waals surface area contributed by atoms with Gasteiger partial charge in [0.25, 0.3) is 5.69 Å². The lowest BCUT2D eigenvalue weighted by atomic mass is 10.2. The number of benzene rings is 2. The average Bonchev–Trinajstić information content (AvgIpc) is 2.50. The summed E-state index contributed by atoms with van der Waals surface area (Å²) in [6, 6.07) is 9.89. The van der Waals surface area contributed by atoms with E-state index in [1.165, 1.54) is 36.0 Å². The fourth-order valence-electron chi connectivity index (χ4n) is 1.75. The highest BCUT2D eigenvalue weighted by molar-refractivity contribution is 7.99. The lowest BCUT2D eigenvalue weighted by Crippen LogP contribution is -2.14. The first-order valence-corrected chi connectivity index (χ1v) is 8.05. The zero-order chi connectivity index (χ0) is 16.8. The molecular formula is C15H12ClFN2O3S.